The average molecular weight is 334 g/mol. The van der Waals surface area contributed by atoms with Crippen LogP contribution in [0.25, 0.3) is 0 Å². The van der Waals surface area contributed by atoms with Gasteiger partial charge in [-0.2, -0.15) is 0 Å². The van der Waals surface area contributed by atoms with Crippen LogP contribution in [0.15, 0.2) is 24.3 Å². The van der Waals surface area contributed by atoms with E-state index in [-0.39, 0.29) is 18.1 Å². The van der Waals surface area contributed by atoms with Crippen molar-refractivity contribution in [3.8, 4) is 5.75 Å². The summed E-state index contributed by atoms with van der Waals surface area (Å²) in [5.41, 5.74) is 1.24. The first-order valence-corrected chi connectivity index (χ1v) is 8.82. The third-order valence-electron chi connectivity index (χ3n) is 5.01. The number of carbonyl (C=O) groups is 1. The lowest BCUT2D eigenvalue weighted by Crippen LogP contribution is -2.41. The SMILES string of the molecule is COc1ccc(C(C)CCNC(=O)N(C)CC2CCCC2O)cc1. The molecule has 0 saturated heterocycles. The van der Waals surface area contributed by atoms with Crippen LogP contribution in [0.2, 0.25) is 0 Å². The second-order valence-electron chi connectivity index (χ2n) is 6.83. The van der Waals surface area contributed by atoms with Gasteiger partial charge in [-0.05, 0) is 42.9 Å². The quantitative estimate of drug-likeness (QED) is 0.806. The number of nitrogens with zero attached hydrogens (tertiary/aromatic N) is 1. The van der Waals surface area contributed by atoms with Gasteiger partial charge in [0.15, 0.2) is 0 Å². The van der Waals surface area contributed by atoms with Crippen molar-refractivity contribution < 1.29 is 14.6 Å². The molecule has 1 fully saturated rings. The minimum absolute atomic E-state index is 0.0592. The standard InChI is InChI=1S/C19H30N2O3/c1-14(15-7-9-17(24-3)10-8-15)11-12-20-19(23)21(2)13-16-5-4-6-18(16)22/h7-10,14,16,18,22H,4-6,11-13H2,1-3H3,(H,20,23). The third kappa shape index (κ3) is 5.13. The number of urea groups is 1. The Balaban J connectivity index is 1.70. The summed E-state index contributed by atoms with van der Waals surface area (Å²) >= 11 is 0. The molecule has 5 heteroatoms. The van der Waals surface area contributed by atoms with E-state index in [2.05, 4.69) is 24.4 Å². The summed E-state index contributed by atoms with van der Waals surface area (Å²) in [7, 11) is 3.46. The van der Waals surface area contributed by atoms with Gasteiger partial charge >= 0.3 is 6.03 Å². The molecule has 5 nitrogen and oxygen atoms in total. The molecule has 0 aromatic heterocycles. The first kappa shape index (κ1) is 18.6. The van der Waals surface area contributed by atoms with E-state index in [1.54, 1.807) is 19.1 Å². The molecule has 2 rings (SSSR count). The zero-order valence-electron chi connectivity index (χ0n) is 15.0. The molecule has 3 unspecified atom stereocenters. The Morgan fingerprint density at radius 3 is 2.67 bits per heavy atom. The minimum atomic E-state index is -0.254. The van der Waals surface area contributed by atoms with Gasteiger partial charge in [-0.3, -0.25) is 0 Å². The highest BCUT2D eigenvalue weighted by Crippen LogP contribution is 2.26. The Morgan fingerprint density at radius 1 is 1.38 bits per heavy atom. The fourth-order valence-corrected chi connectivity index (χ4v) is 3.29. The van der Waals surface area contributed by atoms with Crippen LogP contribution < -0.4 is 10.1 Å². The Morgan fingerprint density at radius 2 is 2.08 bits per heavy atom. The van der Waals surface area contributed by atoms with Crippen molar-refractivity contribution in [1.82, 2.24) is 10.2 Å². The normalized spacial score (nSPS) is 21.3. The molecular formula is C19H30N2O3. The maximum atomic E-state index is 12.2. The summed E-state index contributed by atoms with van der Waals surface area (Å²) in [6, 6.07) is 8.00. The lowest BCUT2D eigenvalue weighted by Gasteiger charge is -2.24. The van der Waals surface area contributed by atoms with Crippen molar-refractivity contribution in [1.29, 1.82) is 0 Å². The number of rotatable bonds is 7. The molecule has 1 aromatic rings. The van der Waals surface area contributed by atoms with Gasteiger partial charge in [-0.1, -0.05) is 25.5 Å². The maximum absolute atomic E-state index is 12.2. The number of amides is 2. The van der Waals surface area contributed by atoms with Crippen molar-refractivity contribution in [2.75, 3.05) is 27.2 Å². The number of aliphatic hydroxyl groups is 1. The number of methoxy groups -OCH3 is 1. The summed E-state index contributed by atoms with van der Waals surface area (Å²) in [5.74, 6) is 1.45. The van der Waals surface area contributed by atoms with Gasteiger partial charge in [-0.15, -0.1) is 0 Å². The molecule has 1 aliphatic carbocycles. The highest BCUT2D eigenvalue weighted by atomic mass is 16.5. The fourth-order valence-electron chi connectivity index (χ4n) is 3.29. The highest BCUT2D eigenvalue weighted by Gasteiger charge is 2.27. The van der Waals surface area contributed by atoms with Crippen LogP contribution in [-0.4, -0.2) is 49.4 Å². The molecule has 1 aromatic carbocycles. The van der Waals surface area contributed by atoms with Gasteiger partial charge in [0, 0.05) is 26.1 Å². The van der Waals surface area contributed by atoms with Gasteiger partial charge in [-0.25, -0.2) is 4.79 Å². The van der Waals surface area contributed by atoms with E-state index < -0.39 is 0 Å². The Hall–Kier alpha value is -1.75. The van der Waals surface area contributed by atoms with E-state index >= 15 is 0 Å². The molecule has 0 bridgehead atoms. The van der Waals surface area contributed by atoms with Gasteiger partial charge in [0.05, 0.1) is 13.2 Å². The molecule has 0 aliphatic heterocycles. The molecular weight excluding hydrogens is 304 g/mol. The number of aliphatic hydroxyl groups excluding tert-OH is 1. The van der Waals surface area contributed by atoms with Crippen molar-refractivity contribution in [3.63, 3.8) is 0 Å². The second kappa shape index (κ2) is 8.92. The summed E-state index contributed by atoms with van der Waals surface area (Å²) in [6.45, 7) is 3.43. The van der Waals surface area contributed by atoms with Crippen LogP contribution in [0.4, 0.5) is 4.79 Å². The average Bonchev–Trinajstić information content (AvgIpc) is 2.99. The van der Waals surface area contributed by atoms with E-state index in [4.69, 9.17) is 4.74 Å². The number of hydrogen-bond acceptors (Lipinski definition) is 3. The van der Waals surface area contributed by atoms with Crippen molar-refractivity contribution in [2.24, 2.45) is 5.92 Å². The van der Waals surface area contributed by atoms with Gasteiger partial charge in [0.25, 0.3) is 0 Å². The molecule has 1 saturated carbocycles. The smallest absolute Gasteiger partial charge is 0.317 e. The topological polar surface area (TPSA) is 61.8 Å². The second-order valence-corrected chi connectivity index (χ2v) is 6.83. The molecule has 0 radical (unpaired) electrons. The van der Waals surface area contributed by atoms with Gasteiger partial charge in [0.1, 0.15) is 5.75 Å². The summed E-state index contributed by atoms with van der Waals surface area (Å²) in [4.78, 5) is 13.8. The van der Waals surface area contributed by atoms with E-state index in [0.717, 1.165) is 31.4 Å². The third-order valence-corrected chi connectivity index (χ3v) is 5.01. The molecule has 2 amide bonds. The zero-order valence-corrected chi connectivity index (χ0v) is 15.0. The highest BCUT2D eigenvalue weighted by molar-refractivity contribution is 5.73. The van der Waals surface area contributed by atoms with Crippen LogP contribution in [0.3, 0.4) is 0 Å². The zero-order chi connectivity index (χ0) is 17.5. The summed E-state index contributed by atoms with van der Waals surface area (Å²) in [5, 5.41) is 12.8. The summed E-state index contributed by atoms with van der Waals surface area (Å²) in [6.07, 6.45) is 3.56. The lowest BCUT2D eigenvalue weighted by atomic mass is 9.98. The number of nitrogens with one attached hydrogen (secondary N) is 1. The molecule has 2 N–H and O–H groups in total. The molecule has 1 aliphatic rings. The Kier molecular flexibility index (Phi) is 6.91. The number of carbonyl (C=O) groups excluding carboxylic acids is 1. The van der Waals surface area contributed by atoms with Crippen molar-refractivity contribution in [2.45, 2.75) is 44.6 Å². The van der Waals surface area contributed by atoms with Gasteiger partial charge in [0.2, 0.25) is 0 Å². The van der Waals surface area contributed by atoms with E-state index in [1.807, 2.05) is 12.1 Å². The lowest BCUT2D eigenvalue weighted by molar-refractivity contribution is 0.114. The van der Waals surface area contributed by atoms with Crippen LogP contribution >= 0.6 is 0 Å². The largest absolute Gasteiger partial charge is 0.497 e. The molecule has 24 heavy (non-hydrogen) atoms. The van der Waals surface area contributed by atoms with E-state index in [0.29, 0.717) is 19.0 Å². The number of benzene rings is 1. The predicted octanol–water partition coefficient (Wildman–Crippen LogP) is 2.99. The first-order valence-electron chi connectivity index (χ1n) is 8.82. The number of ether oxygens (including phenoxy) is 1. The van der Waals surface area contributed by atoms with Crippen molar-refractivity contribution in [3.05, 3.63) is 29.8 Å². The van der Waals surface area contributed by atoms with Gasteiger partial charge < -0.3 is 20.1 Å². The summed E-state index contributed by atoms with van der Waals surface area (Å²) < 4.78 is 5.17. The fraction of sp³-hybridized carbons (Fsp3) is 0.632. The number of hydrogen-bond donors (Lipinski definition) is 2. The van der Waals surface area contributed by atoms with E-state index in [1.165, 1.54) is 5.56 Å². The predicted molar refractivity (Wildman–Crippen MR) is 95.4 cm³/mol. The molecule has 3 atom stereocenters. The monoisotopic (exact) mass is 334 g/mol. The van der Waals surface area contributed by atoms with Crippen LogP contribution in [-0.2, 0) is 0 Å². The van der Waals surface area contributed by atoms with Crippen LogP contribution in [0, 0.1) is 5.92 Å². The van der Waals surface area contributed by atoms with E-state index in [9.17, 15) is 9.90 Å². The minimum Gasteiger partial charge on any atom is -0.497 e. The van der Waals surface area contributed by atoms with Crippen LogP contribution in [0.5, 0.6) is 5.75 Å². The Labute approximate surface area is 145 Å². The molecule has 0 heterocycles. The first-order chi connectivity index (χ1) is 11.5. The maximum Gasteiger partial charge on any atom is 0.317 e. The Bertz CT molecular complexity index is 518. The van der Waals surface area contributed by atoms with Crippen molar-refractivity contribution >= 4 is 6.03 Å². The van der Waals surface area contributed by atoms with Crippen LogP contribution in [0.1, 0.15) is 44.1 Å². The molecule has 0 spiro atoms. The molecule has 134 valence electrons.